The van der Waals surface area contributed by atoms with Crippen LogP contribution in [0.3, 0.4) is 0 Å². The van der Waals surface area contributed by atoms with Crippen LogP contribution in [0.4, 0.5) is 5.82 Å². The summed E-state index contributed by atoms with van der Waals surface area (Å²) in [7, 11) is -2.39. The molecule has 0 unspecified atom stereocenters. The average molecular weight is 420 g/mol. The van der Waals surface area contributed by atoms with Crippen molar-refractivity contribution in [2.45, 2.75) is 37.6 Å². The molecule has 0 aliphatic carbocycles. The van der Waals surface area contributed by atoms with Crippen LogP contribution >= 0.6 is 0 Å². The van der Waals surface area contributed by atoms with Crippen LogP contribution in [0.2, 0.25) is 0 Å². The van der Waals surface area contributed by atoms with Gasteiger partial charge in [-0.05, 0) is 44.9 Å². The summed E-state index contributed by atoms with van der Waals surface area (Å²) in [5.41, 5.74) is 0.879. The summed E-state index contributed by atoms with van der Waals surface area (Å²) in [6.07, 6.45) is 2.33. The smallest absolute Gasteiger partial charge is 0.354 e. The number of carbonyl (C=O) groups is 2. The lowest BCUT2D eigenvalue weighted by atomic mass is 10.2. The monoisotopic (exact) mass is 420 g/mol. The quantitative estimate of drug-likeness (QED) is 0.712. The minimum atomic E-state index is -3.96. The number of aromatic nitrogens is 2. The lowest BCUT2D eigenvalue weighted by Crippen LogP contribution is -2.43. The van der Waals surface area contributed by atoms with Gasteiger partial charge in [-0.3, -0.25) is 4.79 Å². The largest absolute Gasteiger partial charge is 0.461 e. The predicted octanol–water partition coefficient (Wildman–Crippen LogP) is 1.70. The Morgan fingerprint density at radius 3 is 2.79 bits per heavy atom. The van der Waals surface area contributed by atoms with Crippen LogP contribution < -0.4 is 5.32 Å². The van der Waals surface area contributed by atoms with Crippen LogP contribution in [0.1, 0.15) is 35.9 Å². The molecule has 1 atom stereocenters. The van der Waals surface area contributed by atoms with Gasteiger partial charge in [0.1, 0.15) is 22.4 Å². The van der Waals surface area contributed by atoms with Gasteiger partial charge in [-0.25, -0.2) is 18.2 Å². The second kappa shape index (κ2) is 8.34. The Kier molecular flexibility index (Phi) is 6.04. The van der Waals surface area contributed by atoms with Crippen molar-refractivity contribution in [1.82, 2.24) is 13.9 Å². The summed E-state index contributed by atoms with van der Waals surface area (Å²) in [5.74, 6) is -0.646. The van der Waals surface area contributed by atoms with Gasteiger partial charge in [0.15, 0.2) is 0 Å². The van der Waals surface area contributed by atoms with Gasteiger partial charge in [0.25, 0.3) is 0 Å². The van der Waals surface area contributed by atoms with Crippen molar-refractivity contribution in [1.29, 1.82) is 0 Å². The predicted molar refractivity (Wildman–Crippen MR) is 106 cm³/mol. The fourth-order valence-electron chi connectivity index (χ4n) is 3.33. The molecule has 2 aromatic heterocycles. The van der Waals surface area contributed by atoms with Gasteiger partial charge in [-0.15, -0.1) is 0 Å². The third-order valence-corrected chi connectivity index (χ3v) is 6.59. The topological polar surface area (TPSA) is 111 Å². The number of esters is 1. The molecule has 1 saturated heterocycles. The molecule has 0 saturated carbocycles. The number of anilines is 1. The molecule has 0 spiro atoms. The highest BCUT2D eigenvalue weighted by Gasteiger charge is 2.40. The summed E-state index contributed by atoms with van der Waals surface area (Å²) in [6.45, 7) is 3.90. The molecule has 1 amide bonds. The van der Waals surface area contributed by atoms with Gasteiger partial charge in [0, 0.05) is 25.5 Å². The maximum absolute atomic E-state index is 13.2. The molecule has 0 aromatic carbocycles. The second-order valence-electron chi connectivity index (χ2n) is 6.82. The molecule has 3 heterocycles. The van der Waals surface area contributed by atoms with Crippen molar-refractivity contribution in [3.63, 3.8) is 0 Å². The van der Waals surface area contributed by atoms with Gasteiger partial charge in [-0.1, -0.05) is 6.07 Å². The van der Waals surface area contributed by atoms with Crippen LogP contribution in [0, 0.1) is 6.92 Å². The first kappa shape index (κ1) is 21.0. The third kappa shape index (κ3) is 4.33. The van der Waals surface area contributed by atoms with E-state index in [2.05, 4.69) is 10.3 Å². The van der Waals surface area contributed by atoms with Gasteiger partial charge < -0.3 is 14.6 Å². The van der Waals surface area contributed by atoms with E-state index in [-0.39, 0.29) is 23.7 Å². The number of aryl methyl sites for hydroxylation is 2. The lowest BCUT2D eigenvalue weighted by molar-refractivity contribution is -0.119. The van der Waals surface area contributed by atoms with E-state index in [9.17, 15) is 18.0 Å². The second-order valence-corrected chi connectivity index (χ2v) is 8.71. The zero-order valence-corrected chi connectivity index (χ0v) is 17.4. The molecule has 1 aliphatic rings. The number of amides is 1. The first-order valence-electron chi connectivity index (χ1n) is 9.34. The van der Waals surface area contributed by atoms with E-state index < -0.39 is 27.9 Å². The van der Waals surface area contributed by atoms with E-state index in [0.29, 0.717) is 18.7 Å². The molecule has 29 heavy (non-hydrogen) atoms. The Balaban J connectivity index is 1.83. The molecule has 0 bridgehead atoms. The number of rotatable bonds is 6. The van der Waals surface area contributed by atoms with Crippen LogP contribution in [-0.4, -0.2) is 53.3 Å². The van der Waals surface area contributed by atoms with E-state index >= 15 is 0 Å². The Morgan fingerprint density at radius 2 is 2.10 bits per heavy atom. The molecule has 10 heteroatoms. The maximum Gasteiger partial charge on any atom is 0.354 e. The molecule has 9 nitrogen and oxygen atoms in total. The summed E-state index contributed by atoms with van der Waals surface area (Å²) >= 11 is 0. The van der Waals surface area contributed by atoms with Crippen molar-refractivity contribution in [2.24, 2.45) is 7.05 Å². The van der Waals surface area contributed by atoms with E-state index in [1.807, 2.05) is 0 Å². The molecule has 1 fully saturated rings. The lowest BCUT2D eigenvalue weighted by Gasteiger charge is -2.22. The number of hydrogen-bond acceptors (Lipinski definition) is 6. The molecule has 156 valence electrons. The number of pyridine rings is 1. The standard InChI is InChI=1S/C19H24N4O5S/c1-4-28-19(25)16-11-14(12-22(16)3)29(26,27)23-10-6-8-15(23)18(24)21-17-9-5-7-13(2)20-17/h5,7,9,11-12,15H,4,6,8,10H2,1-3H3,(H,20,21,24)/t15-/m0/s1. The summed E-state index contributed by atoms with van der Waals surface area (Å²) < 4.78 is 33.9. The zero-order valence-electron chi connectivity index (χ0n) is 16.6. The normalized spacial score (nSPS) is 17.3. The van der Waals surface area contributed by atoms with Crippen LogP contribution in [0.25, 0.3) is 0 Å². The number of hydrogen-bond donors (Lipinski definition) is 1. The van der Waals surface area contributed by atoms with E-state index in [1.54, 1.807) is 39.1 Å². The maximum atomic E-state index is 13.2. The van der Waals surface area contributed by atoms with Gasteiger partial charge in [-0.2, -0.15) is 4.31 Å². The van der Waals surface area contributed by atoms with Crippen molar-refractivity contribution < 1.29 is 22.7 Å². The summed E-state index contributed by atoms with van der Waals surface area (Å²) in [4.78, 5) is 28.9. The van der Waals surface area contributed by atoms with E-state index in [1.165, 1.54) is 21.1 Å². The van der Waals surface area contributed by atoms with Gasteiger partial charge >= 0.3 is 5.97 Å². The minimum absolute atomic E-state index is 0.0450. The summed E-state index contributed by atoms with van der Waals surface area (Å²) in [6, 6.07) is 5.67. The van der Waals surface area contributed by atoms with Crippen LogP contribution in [0.5, 0.6) is 0 Å². The van der Waals surface area contributed by atoms with Crippen LogP contribution in [-0.2, 0) is 26.6 Å². The van der Waals surface area contributed by atoms with Crippen molar-refractivity contribution >= 4 is 27.7 Å². The fourth-order valence-corrected chi connectivity index (χ4v) is 5.06. The highest BCUT2D eigenvalue weighted by molar-refractivity contribution is 7.89. The van der Waals surface area contributed by atoms with E-state index in [4.69, 9.17) is 4.74 Å². The number of sulfonamides is 1. The molecule has 1 aliphatic heterocycles. The minimum Gasteiger partial charge on any atom is -0.461 e. The Bertz CT molecular complexity index is 1030. The Labute approximate surface area is 169 Å². The number of nitrogens with zero attached hydrogens (tertiary/aromatic N) is 3. The molecule has 3 rings (SSSR count). The fraction of sp³-hybridized carbons (Fsp3) is 0.421. The number of nitrogens with one attached hydrogen (secondary N) is 1. The first-order chi connectivity index (χ1) is 13.7. The number of carbonyl (C=O) groups excluding carboxylic acids is 2. The molecule has 1 N–H and O–H groups in total. The number of ether oxygens (including phenoxy) is 1. The SMILES string of the molecule is CCOC(=O)c1cc(S(=O)(=O)N2CCC[C@H]2C(=O)Nc2cccc(C)n2)cn1C. The summed E-state index contributed by atoms with van der Waals surface area (Å²) in [5, 5.41) is 2.69. The molecular weight excluding hydrogens is 396 g/mol. The van der Waals surface area contributed by atoms with Gasteiger partial charge in [0.05, 0.1) is 6.61 Å². The molecular formula is C19H24N4O5S. The Morgan fingerprint density at radius 1 is 1.34 bits per heavy atom. The zero-order chi connectivity index (χ0) is 21.2. The highest BCUT2D eigenvalue weighted by atomic mass is 32.2. The van der Waals surface area contributed by atoms with Gasteiger partial charge in [0.2, 0.25) is 15.9 Å². The molecule has 2 aromatic rings. The van der Waals surface area contributed by atoms with Crippen molar-refractivity contribution in [3.8, 4) is 0 Å². The first-order valence-corrected chi connectivity index (χ1v) is 10.8. The third-order valence-electron chi connectivity index (χ3n) is 4.72. The van der Waals surface area contributed by atoms with Crippen LogP contribution in [0.15, 0.2) is 35.4 Å². The van der Waals surface area contributed by atoms with Crippen molar-refractivity contribution in [2.75, 3.05) is 18.5 Å². The molecule has 0 radical (unpaired) electrons. The average Bonchev–Trinajstić information content (AvgIpc) is 3.29. The highest BCUT2D eigenvalue weighted by Crippen LogP contribution is 2.28. The Hall–Kier alpha value is -2.72. The van der Waals surface area contributed by atoms with E-state index in [0.717, 1.165) is 5.69 Å². The van der Waals surface area contributed by atoms with Crippen molar-refractivity contribution in [3.05, 3.63) is 41.9 Å².